The van der Waals surface area contributed by atoms with Crippen LogP contribution in [0.2, 0.25) is 0 Å². The third-order valence-electron chi connectivity index (χ3n) is 5.14. The Kier molecular flexibility index (Phi) is 4.19. The van der Waals surface area contributed by atoms with Gasteiger partial charge in [-0.3, -0.25) is 4.98 Å². The smallest absolute Gasteiger partial charge is 0.0625 e. The van der Waals surface area contributed by atoms with Gasteiger partial charge in [0.15, 0.2) is 0 Å². The van der Waals surface area contributed by atoms with Crippen LogP contribution in [0.3, 0.4) is 0 Å². The maximum Gasteiger partial charge on any atom is 0.0625 e. The van der Waals surface area contributed by atoms with Crippen molar-refractivity contribution in [2.24, 2.45) is 0 Å². The van der Waals surface area contributed by atoms with Crippen molar-refractivity contribution in [3.8, 4) is 0 Å². The minimum atomic E-state index is 1.10. The lowest BCUT2D eigenvalue weighted by Gasteiger charge is -2.24. The van der Waals surface area contributed by atoms with Crippen LogP contribution >= 0.6 is 11.3 Å². The third kappa shape index (κ3) is 2.78. The van der Waals surface area contributed by atoms with Gasteiger partial charge in [-0.1, -0.05) is 6.07 Å². The van der Waals surface area contributed by atoms with Crippen LogP contribution in [0.5, 0.6) is 0 Å². The van der Waals surface area contributed by atoms with Crippen LogP contribution in [0.4, 0.5) is 0 Å². The molecule has 0 atom stereocenters. The summed E-state index contributed by atoms with van der Waals surface area (Å²) >= 11 is 1.93. The molecular formula is C20H25N3S. The first-order valence-electron chi connectivity index (χ1n) is 8.81. The van der Waals surface area contributed by atoms with Gasteiger partial charge in [0.2, 0.25) is 0 Å². The highest BCUT2D eigenvalue weighted by Crippen LogP contribution is 2.36. The Labute approximate surface area is 147 Å². The van der Waals surface area contributed by atoms with E-state index >= 15 is 0 Å². The van der Waals surface area contributed by atoms with E-state index in [9.17, 15) is 0 Å². The summed E-state index contributed by atoms with van der Waals surface area (Å²) in [5, 5.41) is 2.32. The second kappa shape index (κ2) is 6.34. The summed E-state index contributed by atoms with van der Waals surface area (Å²) in [6.07, 6.45) is 5.48. The average molecular weight is 340 g/mol. The number of hydrogen-bond acceptors (Lipinski definition) is 3. The fourth-order valence-electron chi connectivity index (χ4n) is 3.85. The second-order valence-corrected chi connectivity index (χ2v) is 7.95. The number of rotatable bonds is 4. The monoisotopic (exact) mass is 339 g/mol. The lowest BCUT2D eigenvalue weighted by molar-refractivity contribution is 0.309. The largest absolute Gasteiger partial charge is 0.343 e. The molecule has 0 saturated heterocycles. The fourth-order valence-corrected chi connectivity index (χ4v) is 4.96. The topological polar surface area (TPSA) is 21.1 Å². The van der Waals surface area contributed by atoms with Crippen molar-refractivity contribution in [1.82, 2.24) is 14.5 Å². The number of aromatic nitrogens is 2. The van der Waals surface area contributed by atoms with Gasteiger partial charge in [-0.05, 0) is 56.3 Å². The summed E-state index contributed by atoms with van der Waals surface area (Å²) in [5.41, 5.74) is 8.53. The van der Waals surface area contributed by atoms with E-state index in [1.807, 2.05) is 24.5 Å². The van der Waals surface area contributed by atoms with E-state index in [1.165, 1.54) is 40.7 Å². The van der Waals surface area contributed by atoms with E-state index in [0.717, 1.165) is 25.2 Å². The van der Waals surface area contributed by atoms with Gasteiger partial charge in [0.05, 0.1) is 10.2 Å². The summed E-state index contributed by atoms with van der Waals surface area (Å²) < 4.78 is 4.14. The Hall–Kier alpha value is -1.65. The summed E-state index contributed by atoms with van der Waals surface area (Å²) in [6.45, 7) is 7.68. The molecule has 0 unspecified atom stereocenters. The van der Waals surface area contributed by atoms with E-state index < -0.39 is 0 Å². The molecule has 0 radical (unpaired) electrons. The van der Waals surface area contributed by atoms with Crippen LogP contribution in [0, 0.1) is 13.8 Å². The standard InChI is InChI=1S/C20H25N3S/c1-14-13-24-20-17-12-22(3)10-8-18(17)23(19(14)20)9-4-5-16-7-6-15(2)21-11-16/h6-7,11,13H,4-5,8-10,12H2,1-3H3. The molecule has 3 aromatic rings. The molecule has 3 nitrogen and oxygen atoms in total. The van der Waals surface area contributed by atoms with Gasteiger partial charge in [0.25, 0.3) is 0 Å². The summed E-state index contributed by atoms with van der Waals surface area (Å²) in [5.74, 6) is 0. The molecule has 4 rings (SSSR count). The lowest BCUT2D eigenvalue weighted by Crippen LogP contribution is -2.27. The first-order chi connectivity index (χ1) is 11.6. The summed E-state index contributed by atoms with van der Waals surface area (Å²) in [7, 11) is 2.23. The molecule has 24 heavy (non-hydrogen) atoms. The van der Waals surface area contributed by atoms with Crippen molar-refractivity contribution in [3.05, 3.63) is 51.8 Å². The van der Waals surface area contributed by atoms with Gasteiger partial charge >= 0.3 is 0 Å². The van der Waals surface area contributed by atoms with Crippen LogP contribution < -0.4 is 0 Å². The zero-order valence-electron chi connectivity index (χ0n) is 14.8. The van der Waals surface area contributed by atoms with Crippen LogP contribution in [0.25, 0.3) is 10.2 Å². The number of aryl methyl sites for hydroxylation is 4. The van der Waals surface area contributed by atoms with Gasteiger partial charge in [-0.2, -0.15) is 0 Å². The summed E-state index contributed by atoms with van der Waals surface area (Å²) in [6, 6.07) is 4.33. The van der Waals surface area contributed by atoms with Gasteiger partial charge in [0, 0.05) is 49.2 Å². The van der Waals surface area contributed by atoms with Crippen LogP contribution in [0.1, 0.15) is 34.5 Å². The number of nitrogens with zero attached hydrogens (tertiary/aromatic N) is 3. The predicted molar refractivity (Wildman–Crippen MR) is 102 cm³/mol. The maximum atomic E-state index is 4.42. The SMILES string of the molecule is Cc1ccc(CCCn2c3c(c4scc(C)c42)CN(C)CC3)cn1. The van der Waals surface area contributed by atoms with Crippen molar-refractivity contribution in [1.29, 1.82) is 0 Å². The molecule has 126 valence electrons. The van der Waals surface area contributed by atoms with Gasteiger partial charge < -0.3 is 9.47 Å². The van der Waals surface area contributed by atoms with Crippen molar-refractivity contribution in [2.75, 3.05) is 13.6 Å². The van der Waals surface area contributed by atoms with E-state index in [4.69, 9.17) is 0 Å². The fraction of sp³-hybridized carbons (Fsp3) is 0.450. The first kappa shape index (κ1) is 15.9. The Morgan fingerprint density at radius 3 is 2.92 bits per heavy atom. The molecule has 0 N–H and O–H groups in total. The Morgan fingerprint density at radius 1 is 1.25 bits per heavy atom. The zero-order valence-corrected chi connectivity index (χ0v) is 15.6. The Balaban J connectivity index is 1.59. The minimum Gasteiger partial charge on any atom is -0.343 e. The normalized spacial score (nSPS) is 15.1. The lowest BCUT2D eigenvalue weighted by atomic mass is 10.1. The summed E-state index contributed by atoms with van der Waals surface area (Å²) in [4.78, 5) is 6.86. The van der Waals surface area contributed by atoms with Crippen molar-refractivity contribution in [3.63, 3.8) is 0 Å². The quantitative estimate of drug-likeness (QED) is 0.705. The van der Waals surface area contributed by atoms with Gasteiger partial charge in [-0.15, -0.1) is 11.3 Å². The number of likely N-dealkylation sites (N-methyl/N-ethyl adjacent to an activating group) is 1. The highest BCUT2D eigenvalue weighted by atomic mass is 32.1. The predicted octanol–water partition coefficient (Wildman–Crippen LogP) is 4.34. The van der Waals surface area contributed by atoms with Crippen molar-refractivity contribution >= 4 is 21.6 Å². The van der Waals surface area contributed by atoms with E-state index in [1.54, 1.807) is 11.3 Å². The molecule has 0 bridgehead atoms. The van der Waals surface area contributed by atoms with Crippen molar-refractivity contribution < 1.29 is 0 Å². The number of fused-ring (bicyclic) bond motifs is 3. The average Bonchev–Trinajstić information content (AvgIpc) is 3.09. The Morgan fingerprint density at radius 2 is 2.12 bits per heavy atom. The zero-order chi connectivity index (χ0) is 16.7. The highest BCUT2D eigenvalue weighted by molar-refractivity contribution is 7.17. The van der Waals surface area contributed by atoms with Crippen LogP contribution in [0.15, 0.2) is 23.7 Å². The molecule has 0 fully saturated rings. The Bertz CT molecular complexity index is 857. The van der Waals surface area contributed by atoms with Crippen LogP contribution in [-0.4, -0.2) is 28.0 Å². The van der Waals surface area contributed by atoms with E-state index in [0.29, 0.717) is 0 Å². The molecule has 0 aromatic carbocycles. The molecule has 0 aliphatic carbocycles. The molecule has 4 heteroatoms. The number of hydrogen-bond donors (Lipinski definition) is 0. The number of pyridine rings is 1. The second-order valence-electron chi connectivity index (χ2n) is 7.07. The van der Waals surface area contributed by atoms with E-state index in [-0.39, 0.29) is 0 Å². The maximum absolute atomic E-state index is 4.42. The van der Waals surface area contributed by atoms with Crippen molar-refractivity contribution in [2.45, 2.75) is 46.2 Å². The molecule has 4 heterocycles. The molecule has 1 aliphatic rings. The number of thiophene rings is 1. The third-order valence-corrected chi connectivity index (χ3v) is 6.29. The molecule has 0 saturated carbocycles. The highest BCUT2D eigenvalue weighted by Gasteiger charge is 2.24. The van der Waals surface area contributed by atoms with Gasteiger partial charge in [-0.25, -0.2) is 0 Å². The minimum absolute atomic E-state index is 1.10. The molecule has 0 amide bonds. The molecule has 1 aliphatic heterocycles. The molecule has 0 spiro atoms. The van der Waals surface area contributed by atoms with Gasteiger partial charge in [0.1, 0.15) is 0 Å². The van der Waals surface area contributed by atoms with E-state index in [2.05, 4.69) is 45.9 Å². The molecule has 3 aromatic heterocycles. The molecular weight excluding hydrogens is 314 g/mol. The first-order valence-corrected chi connectivity index (χ1v) is 9.69. The van der Waals surface area contributed by atoms with Crippen LogP contribution in [-0.2, 0) is 25.9 Å².